The van der Waals surface area contributed by atoms with Crippen molar-refractivity contribution in [1.82, 2.24) is 5.43 Å². The Labute approximate surface area is 176 Å². The lowest BCUT2D eigenvalue weighted by Gasteiger charge is -2.13. The van der Waals surface area contributed by atoms with Crippen LogP contribution in [0.3, 0.4) is 0 Å². The highest BCUT2D eigenvalue weighted by atomic mass is 79.9. The van der Waals surface area contributed by atoms with Crippen molar-refractivity contribution >= 4 is 28.1 Å². The van der Waals surface area contributed by atoms with Crippen LogP contribution in [0.4, 0.5) is 0 Å². The van der Waals surface area contributed by atoms with E-state index in [-0.39, 0.29) is 11.7 Å². The van der Waals surface area contributed by atoms with Gasteiger partial charge in [-0.3, -0.25) is 4.79 Å². The van der Waals surface area contributed by atoms with Gasteiger partial charge in [-0.1, -0.05) is 30.3 Å². The maximum Gasteiger partial charge on any atom is 0.271 e. The summed E-state index contributed by atoms with van der Waals surface area (Å²) >= 11 is 3.50. The van der Waals surface area contributed by atoms with Gasteiger partial charge in [-0.15, -0.1) is 0 Å². The molecule has 2 N–H and O–H groups in total. The van der Waals surface area contributed by atoms with Gasteiger partial charge in [-0.05, 0) is 63.5 Å². The third kappa shape index (κ3) is 5.58. The molecule has 0 atom stereocenters. The molecule has 0 aliphatic rings. The highest BCUT2D eigenvalue weighted by molar-refractivity contribution is 9.10. The topological polar surface area (TPSA) is 80.2 Å². The largest absolute Gasteiger partial charge is 0.508 e. The summed E-state index contributed by atoms with van der Waals surface area (Å²) in [7, 11) is 1.56. The van der Waals surface area contributed by atoms with Gasteiger partial charge in [0.2, 0.25) is 0 Å². The van der Waals surface area contributed by atoms with E-state index in [1.807, 2.05) is 36.4 Å². The number of carbonyl (C=O) groups is 1. The van der Waals surface area contributed by atoms with Crippen LogP contribution < -0.4 is 14.9 Å². The smallest absolute Gasteiger partial charge is 0.271 e. The molecule has 0 fully saturated rings. The van der Waals surface area contributed by atoms with Gasteiger partial charge >= 0.3 is 0 Å². The first-order valence-electron chi connectivity index (χ1n) is 8.73. The second-order valence-corrected chi connectivity index (χ2v) is 6.91. The Kier molecular flexibility index (Phi) is 6.86. The molecular weight excluding hydrogens is 436 g/mol. The Balaban J connectivity index is 1.68. The lowest BCUT2D eigenvalue weighted by molar-refractivity contribution is 0.0955. The van der Waals surface area contributed by atoms with Crippen LogP contribution in [0.25, 0.3) is 0 Å². The zero-order valence-corrected chi connectivity index (χ0v) is 17.2. The first kappa shape index (κ1) is 20.4. The fraction of sp³-hybridized carbons (Fsp3) is 0.0909. The molecule has 3 aromatic carbocycles. The molecule has 0 aliphatic carbocycles. The number of benzene rings is 3. The molecule has 0 radical (unpaired) electrons. The van der Waals surface area contributed by atoms with E-state index in [2.05, 4.69) is 26.5 Å². The van der Waals surface area contributed by atoms with Crippen LogP contribution in [0.1, 0.15) is 21.5 Å². The minimum absolute atomic E-state index is 0.0940. The molecular formula is C22H19BrN2O4. The number of methoxy groups -OCH3 is 1. The number of rotatable bonds is 7. The Morgan fingerprint density at radius 2 is 1.86 bits per heavy atom. The lowest BCUT2D eigenvalue weighted by atomic mass is 10.2. The van der Waals surface area contributed by atoms with Crippen molar-refractivity contribution in [3.05, 3.63) is 87.9 Å². The fourth-order valence-electron chi connectivity index (χ4n) is 2.53. The predicted octanol–water partition coefficient (Wildman–Crippen LogP) is 4.51. The molecule has 6 nitrogen and oxygen atoms in total. The van der Waals surface area contributed by atoms with Crippen molar-refractivity contribution in [2.75, 3.05) is 7.11 Å². The molecule has 0 aromatic heterocycles. The summed E-state index contributed by atoms with van der Waals surface area (Å²) in [6, 6.07) is 19.3. The van der Waals surface area contributed by atoms with Crippen molar-refractivity contribution in [2.24, 2.45) is 5.10 Å². The summed E-state index contributed by atoms with van der Waals surface area (Å²) in [5.41, 5.74) is 4.60. The van der Waals surface area contributed by atoms with Gasteiger partial charge in [0.25, 0.3) is 5.91 Å². The maximum absolute atomic E-state index is 12.0. The van der Waals surface area contributed by atoms with E-state index < -0.39 is 0 Å². The van der Waals surface area contributed by atoms with Crippen LogP contribution in [0.5, 0.6) is 17.2 Å². The van der Waals surface area contributed by atoms with Gasteiger partial charge in [0.1, 0.15) is 12.4 Å². The molecule has 29 heavy (non-hydrogen) atoms. The Morgan fingerprint density at radius 3 is 2.55 bits per heavy atom. The molecule has 0 saturated heterocycles. The average Bonchev–Trinajstić information content (AvgIpc) is 2.73. The van der Waals surface area contributed by atoms with Crippen molar-refractivity contribution in [3.63, 3.8) is 0 Å². The number of nitrogens with one attached hydrogen (secondary N) is 1. The van der Waals surface area contributed by atoms with Crippen molar-refractivity contribution in [1.29, 1.82) is 0 Å². The molecule has 0 aliphatic heterocycles. The summed E-state index contributed by atoms with van der Waals surface area (Å²) in [6.45, 7) is 0.409. The van der Waals surface area contributed by atoms with E-state index in [9.17, 15) is 9.90 Å². The number of hydrazone groups is 1. The minimum Gasteiger partial charge on any atom is -0.508 e. The third-order valence-electron chi connectivity index (χ3n) is 3.99. The Hall–Kier alpha value is -3.32. The van der Waals surface area contributed by atoms with E-state index in [1.54, 1.807) is 13.2 Å². The van der Waals surface area contributed by atoms with Gasteiger partial charge < -0.3 is 14.6 Å². The number of aromatic hydroxyl groups is 1. The van der Waals surface area contributed by atoms with Crippen molar-refractivity contribution in [3.8, 4) is 17.2 Å². The van der Waals surface area contributed by atoms with Crippen LogP contribution in [0.15, 0.2) is 76.3 Å². The number of nitrogens with zero attached hydrogens (tertiary/aromatic N) is 1. The van der Waals surface area contributed by atoms with Crippen LogP contribution in [0, 0.1) is 0 Å². The molecule has 148 valence electrons. The average molecular weight is 455 g/mol. The van der Waals surface area contributed by atoms with E-state index in [0.29, 0.717) is 33.7 Å². The number of phenolic OH excluding ortho intramolecular Hbond substituents is 1. The molecule has 0 heterocycles. The molecule has 3 rings (SSSR count). The highest BCUT2D eigenvalue weighted by Gasteiger charge is 2.12. The van der Waals surface area contributed by atoms with Crippen LogP contribution in [-0.4, -0.2) is 24.3 Å². The number of hydrogen-bond acceptors (Lipinski definition) is 5. The minimum atomic E-state index is -0.380. The van der Waals surface area contributed by atoms with Crippen LogP contribution in [-0.2, 0) is 6.61 Å². The Bertz CT molecular complexity index is 1010. The normalized spacial score (nSPS) is 10.7. The molecule has 0 spiro atoms. The third-order valence-corrected chi connectivity index (χ3v) is 4.58. The first-order chi connectivity index (χ1) is 14.1. The van der Waals surface area contributed by atoms with Gasteiger partial charge in [-0.25, -0.2) is 5.43 Å². The molecule has 0 unspecified atom stereocenters. The second kappa shape index (κ2) is 9.75. The zero-order chi connectivity index (χ0) is 20.6. The van der Waals surface area contributed by atoms with E-state index in [1.165, 1.54) is 30.5 Å². The predicted molar refractivity (Wildman–Crippen MR) is 115 cm³/mol. The number of phenols is 1. The summed E-state index contributed by atoms with van der Waals surface area (Å²) < 4.78 is 12.0. The molecule has 3 aromatic rings. The van der Waals surface area contributed by atoms with Crippen molar-refractivity contribution in [2.45, 2.75) is 6.61 Å². The zero-order valence-electron chi connectivity index (χ0n) is 15.6. The lowest BCUT2D eigenvalue weighted by Crippen LogP contribution is -2.17. The van der Waals surface area contributed by atoms with Crippen LogP contribution in [0.2, 0.25) is 0 Å². The number of amides is 1. The monoisotopic (exact) mass is 454 g/mol. The van der Waals surface area contributed by atoms with Gasteiger partial charge in [0, 0.05) is 5.56 Å². The van der Waals surface area contributed by atoms with Crippen LogP contribution >= 0.6 is 15.9 Å². The number of halogens is 1. The fourth-order valence-corrected chi connectivity index (χ4v) is 3.10. The van der Waals surface area contributed by atoms with E-state index >= 15 is 0 Å². The first-order valence-corrected chi connectivity index (χ1v) is 9.53. The van der Waals surface area contributed by atoms with Gasteiger partial charge in [0.05, 0.1) is 17.8 Å². The molecule has 1 amide bonds. The summed E-state index contributed by atoms with van der Waals surface area (Å²) in [6.07, 6.45) is 1.51. The number of carbonyl (C=O) groups excluding carboxylic acids is 1. The summed E-state index contributed by atoms with van der Waals surface area (Å²) in [4.78, 5) is 12.0. The second-order valence-electron chi connectivity index (χ2n) is 6.05. The Morgan fingerprint density at radius 1 is 1.14 bits per heavy atom. The quantitative estimate of drug-likeness (QED) is 0.406. The number of ether oxygens (including phenoxy) is 2. The molecule has 0 saturated carbocycles. The summed E-state index contributed by atoms with van der Waals surface area (Å²) in [5.74, 6) is 0.843. The van der Waals surface area contributed by atoms with E-state index in [4.69, 9.17) is 9.47 Å². The number of hydrogen-bond donors (Lipinski definition) is 2. The van der Waals surface area contributed by atoms with E-state index in [0.717, 1.165) is 5.56 Å². The molecule has 0 bridgehead atoms. The standard InChI is InChI=1S/C22H19BrN2O4/c1-28-20-12-16(13-24-25-22(27)17-7-9-18(26)10-8-17)11-19(23)21(20)29-14-15-5-3-2-4-6-15/h2-13,26H,14H2,1H3,(H,25,27)/b24-13+. The van der Waals surface area contributed by atoms with Gasteiger partial charge in [0.15, 0.2) is 11.5 Å². The van der Waals surface area contributed by atoms with Gasteiger partial charge in [-0.2, -0.15) is 5.10 Å². The summed E-state index contributed by atoms with van der Waals surface area (Å²) in [5, 5.41) is 13.3. The SMILES string of the molecule is COc1cc(/C=N/NC(=O)c2ccc(O)cc2)cc(Br)c1OCc1ccccc1. The van der Waals surface area contributed by atoms with Crippen molar-refractivity contribution < 1.29 is 19.4 Å². The maximum atomic E-state index is 12.0. The highest BCUT2D eigenvalue weighted by Crippen LogP contribution is 2.36. The molecule has 7 heteroatoms.